The van der Waals surface area contributed by atoms with Gasteiger partial charge in [-0.15, -0.1) is 0 Å². The van der Waals surface area contributed by atoms with Crippen molar-refractivity contribution in [3.63, 3.8) is 0 Å². The summed E-state index contributed by atoms with van der Waals surface area (Å²) in [6.07, 6.45) is 2.65. The standard InChI is InChI=1S/C17H26BrFN2/c1-12(2)17(21-8-4-5-9-21)11-20-13(3)14-6-7-16(19)15(18)10-14/h6-7,10,12-13,17,20H,4-5,8-9,11H2,1-3H3. The summed E-state index contributed by atoms with van der Waals surface area (Å²) in [5.74, 6) is 0.436. The van der Waals surface area contributed by atoms with Gasteiger partial charge >= 0.3 is 0 Å². The van der Waals surface area contributed by atoms with Crippen LogP contribution in [0.1, 0.15) is 45.2 Å². The highest BCUT2D eigenvalue weighted by atomic mass is 79.9. The lowest BCUT2D eigenvalue weighted by molar-refractivity contribution is 0.183. The molecule has 2 atom stereocenters. The third kappa shape index (κ3) is 4.51. The lowest BCUT2D eigenvalue weighted by Gasteiger charge is -2.32. The van der Waals surface area contributed by atoms with E-state index < -0.39 is 0 Å². The second kappa shape index (κ2) is 7.70. The van der Waals surface area contributed by atoms with E-state index in [9.17, 15) is 4.39 Å². The van der Waals surface area contributed by atoms with Gasteiger partial charge in [-0.25, -0.2) is 4.39 Å². The van der Waals surface area contributed by atoms with Crippen LogP contribution in [0.4, 0.5) is 4.39 Å². The minimum Gasteiger partial charge on any atom is -0.309 e. The monoisotopic (exact) mass is 356 g/mol. The van der Waals surface area contributed by atoms with Crippen molar-refractivity contribution < 1.29 is 4.39 Å². The van der Waals surface area contributed by atoms with Gasteiger partial charge in [0, 0.05) is 18.6 Å². The van der Waals surface area contributed by atoms with Gasteiger partial charge in [0.1, 0.15) is 5.82 Å². The maximum Gasteiger partial charge on any atom is 0.137 e. The maximum atomic E-state index is 13.3. The van der Waals surface area contributed by atoms with Crippen molar-refractivity contribution in [2.75, 3.05) is 19.6 Å². The fraction of sp³-hybridized carbons (Fsp3) is 0.647. The molecule has 2 rings (SSSR count). The molecule has 1 aliphatic rings. The normalized spacial score (nSPS) is 19.1. The second-order valence-corrected chi connectivity index (χ2v) is 7.21. The van der Waals surface area contributed by atoms with Crippen molar-refractivity contribution >= 4 is 15.9 Å². The highest BCUT2D eigenvalue weighted by Gasteiger charge is 2.24. The quantitative estimate of drug-likeness (QED) is 0.814. The van der Waals surface area contributed by atoms with Gasteiger partial charge in [-0.1, -0.05) is 19.9 Å². The molecule has 4 heteroatoms. The van der Waals surface area contributed by atoms with Crippen molar-refractivity contribution in [3.05, 3.63) is 34.1 Å². The average Bonchev–Trinajstić information content (AvgIpc) is 2.95. The van der Waals surface area contributed by atoms with Crippen LogP contribution >= 0.6 is 15.9 Å². The van der Waals surface area contributed by atoms with E-state index in [0.29, 0.717) is 16.4 Å². The van der Waals surface area contributed by atoms with Crippen molar-refractivity contribution in [1.82, 2.24) is 10.2 Å². The summed E-state index contributed by atoms with van der Waals surface area (Å²) < 4.78 is 13.8. The molecule has 0 amide bonds. The Hall–Kier alpha value is -0.450. The number of rotatable bonds is 6. The molecule has 118 valence electrons. The Morgan fingerprint density at radius 3 is 2.48 bits per heavy atom. The SMILES string of the molecule is CC(NCC(C(C)C)N1CCCC1)c1ccc(F)c(Br)c1. The molecule has 2 nitrogen and oxygen atoms in total. The van der Waals surface area contributed by atoms with Crippen LogP contribution in [0.5, 0.6) is 0 Å². The first-order valence-electron chi connectivity index (χ1n) is 7.91. The highest BCUT2D eigenvalue weighted by molar-refractivity contribution is 9.10. The zero-order chi connectivity index (χ0) is 15.4. The Bertz CT molecular complexity index is 458. The van der Waals surface area contributed by atoms with Gasteiger partial charge in [0.25, 0.3) is 0 Å². The van der Waals surface area contributed by atoms with Crippen LogP contribution in [0.25, 0.3) is 0 Å². The number of hydrogen-bond donors (Lipinski definition) is 1. The Kier molecular flexibility index (Phi) is 6.20. The van der Waals surface area contributed by atoms with Crippen LogP contribution in [-0.2, 0) is 0 Å². The number of hydrogen-bond acceptors (Lipinski definition) is 2. The van der Waals surface area contributed by atoms with Crippen molar-refractivity contribution in [2.24, 2.45) is 5.92 Å². The molecule has 1 fully saturated rings. The molecule has 1 aromatic carbocycles. The summed E-state index contributed by atoms with van der Waals surface area (Å²) in [4.78, 5) is 2.60. The van der Waals surface area contributed by atoms with Gasteiger partial charge < -0.3 is 5.32 Å². The fourth-order valence-corrected chi connectivity index (χ4v) is 3.45. The zero-order valence-corrected chi connectivity index (χ0v) is 14.8. The third-order valence-corrected chi connectivity index (χ3v) is 5.06. The van der Waals surface area contributed by atoms with E-state index >= 15 is 0 Å². The van der Waals surface area contributed by atoms with Crippen molar-refractivity contribution in [1.29, 1.82) is 0 Å². The van der Waals surface area contributed by atoms with E-state index in [-0.39, 0.29) is 11.9 Å². The summed E-state index contributed by atoms with van der Waals surface area (Å²) in [5.41, 5.74) is 1.12. The Morgan fingerprint density at radius 2 is 1.90 bits per heavy atom. The fourth-order valence-electron chi connectivity index (χ4n) is 3.06. The lowest BCUT2D eigenvalue weighted by Crippen LogP contribution is -2.44. The van der Waals surface area contributed by atoms with Gasteiger partial charge in [-0.05, 0) is 72.4 Å². The largest absolute Gasteiger partial charge is 0.309 e. The van der Waals surface area contributed by atoms with Gasteiger partial charge in [0.15, 0.2) is 0 Å². The van der Waals surface area contributed by atoms with E-state index in [1.807, 2.05) is 12.1 Å². The van der Waals surface area contributed by atoms with Crippen LogP contribution in [0.3, 0.4) is 0 Å². The van der Waals surface area contributed by atoms with Gasteiger partial charge in [-0.3, -0.25) is 4.90 Å². The summed E-state index contributed by atoms with van der Waals surface area (Å²) in [6.45, 7) is 10.2. The summed E-state index contributed by atoms with van der Waals surface area (Å²) >= 11 is 3.26. The van der Waals surface area contributed by atoms with Crippen molar-refractivity contribution in [3.8, 4) is 0 Å². The minimum atomic E-state index is -0.205. The molecule has 2 unspecified atom stereocenters. The van der Waals surface area contributed by atoms with E-state index in [2.05, 4.69) is 46.9 Å². The molecule has 1 aromatic rings. The molecule has 1 N–H and O–H groups in total. The Labute approximate surface area is 136 Å². The first-order valence-corrected chi connectivity index (χ1v) is 8.70. The van der Waals surface area contributed by atoms with Crippen LogP contribution in [0, 0.1) is 11.7 Å². The highest BCUT2D eigenvalue weighted by Crippen LogP contribution is 2.22. The van der Waals surface area contributed by atoms with E-state index in [4.69, 9.17) is 0 Å². The first-order chi connectivity index (χ1) is 9.99. The predicted molar refractivity (Wildman–Crippen MR) is 90.0 cm³/mol. The van der Waals surface area contributed by atoms with Gasteiger partial charge in [-0.2, -0.15) is 0 Å². The predicted octanol–water partition coefficient (Wildman–Crippen LogP) is 4.36. The average molecular weight is 357 g/mol. The zero-order valence-electron chi connectivity index (χ0n) is 13.2. The number of benzene rings is 1. The number of likely N-dealkylation sites (tertiary alicyclic amines) is 1. The molecule has 1 aliphatic heterocycles. The summed E-state index contributed by atoms with van der Waals surface area (Å²) in [5, 5.41) is 3.62. The van der Waals surface area contributed by atoms with Crippen LogP contribution < -0.4 is 5.32 Å². The van der Waals surface area contributed by atoms with E-state index in [0.717, 1.165) is 12.1 Å². The number of nitrogens with zero attached hydrogens (tertiary/aromatic N) is 1. The van der Waals surface area contributed by atoms with E-state index in [1.54, 1.807) is 0 Å². The second-order valence-electron chi connectivity index (χ2n) is 6.36. The first kappa shape index (κ1) is 16.9. The Balaban J connectivity index is 1.94. The number of nitrogens with one attached hydrogen (secondary N) is 1. The Morgan fingerprint density at radius 1 is 1.24 bits per heavy atom. The minimum absolute atomic E-state index is 0.205. The van der Waals surface area contributed by atoms with Gasteiger partial charge in [0.2, 0.25) is 0 Å². The van der Waals surface area contributed by atoms with Gasteiger partial charge in [0.05, 0.1) is 4.47 Å². The third-order valence-electron chi connectivity index (χ3n) is 4.46. The maximum absolute atomic E-state index is 13.3. The molecule has 0 spiro atoms. The van der Waals surface area contributed by atoms with Crippen LogP contribution in [0.2, 0.25) is 0 Å². The summed E-state index contributed by atoms with van der Waals surface area (Å²) in [6, 6.07) is 6.06. The molecule has 21 heavy (non-hydrogen) atoms. The molecule has 0 bridgehead atoms. The summed E-state index contributed by atoms with van der Waals surface area (Å²) in [7, 11) is 0. The molecule has 0 radical (unpaired) electrons. The van der Waals surface area contributed by atoms with Crippen LogP contribution in [0.15, 0.2) is 22.7 Å². The molecule has 1 saturated heterocycles. The van der Waals surface area contributed by atoms with Crippen molar-refractivity contribution in [2.45, 2.75) is 45.7 Å². The molecular weight excluding hydrogens is 331 g/mol. The van der Waals surface area contributed by atoms with E-state index in [1.165, 1.54) is 32.0 Å². The number of halogens is 2. The topological polar surface area (TPSA) is 15.3 Å². The molecule has 0 aliphatic carbocycles. The van der Waals surface area contributed by atoms with Crippen LogP contribution in [-0.4, -0.2) is 30.6 Å². The molecule has 0 aromatic heterocycles. The lowest BCUT2D eigenvalue weighted by atomic mass is 10.0. The smallest absolute Gasteiger partial charge is 0.137 e. The molecule has 0 saturated carbocycles. The molecular formula is C17H26BrFN2. The molecule has 1 heterocycles.